The number of urea groups is 1. The van der Waals surface area contributed by atoms with E-state index < -0.39 is 0 Å². The number of hydrogen-bond acceptors (Lipinski definition) is 4. The first-order valence-corrected chi connectivity index (χ1v) is 11.7. The molecule has 0 aliphatic heterocycles. The molecule has 34 heavy (non-hydrogen) atoms. The lowest BCUT2D eigenvalue weighted by Crippen LogP contribution is -2.40. The molecule has 0 saturated heterocycles. The summed E-state index contributed by atoms with van der Waals surface area (Å²) >= 11 is 0. The second-order valence-electron chi connectivity index (χ2n) is 8.36. The van der Waals surface area contributed by atoms with E-state index in [9.17, 15) is 4.79 Å². The lowest BCUT2D eigenvalue weighted by molar-refractivity contribution is 0.181. The first kappa shape index (κ1) is 25.1. The van der Waals surface area contributed by atoms with E-state index in [0.717, 1.165) is 41.2 Å². The van der Waals surface area contributed by atoms with Gasteiger partial charge >= 0.3 is 6.03 Å². The predicted octanol–water partition coefficient (Wildman–Crippen LogP) is 4.90. The smallest absolute Gasteiger partial charge is 0.317 e. The number of carbonyl (C=O) groups excluding carboxylic acids is 1. The molecule has 0 spiro atoms. The average Bonchev–Trinajstić information content (AvgIpc) is 2.87. The number of rotatable bonds is 12. The molecule has 1 N–H and O–H groups in total. The summed E-state index contributed by atoms with van der Waals surface area (Å²) in [4.78, 5) is 16.1. The summed E-state index contributed by atoms with van der Waals surface area (Å²) in [5, 5.41) is 2.70. The minimum absolute atomic E-state index is 0.118. The number of ether oxygens (including phenoxy) is 2. The fourth-order valence-electron chi connectivity index (χ4n) is 3.55. The van der Waals surface area contributed by atoms with E-state index in [0.29, 0.717) is 26.3 Å². The van der Waals surface area contributed by atoms with Crippen molar-refractivity contribution in [2.45, 2.75) is 13.0 Å². The van der Waals surface area contributed by atoms with Crippen LogP contribution in [0.4, 0.5) is 4.79 Å². The average molecular weight is 462 g/mol. The van der Waals surface area contributed by atoms with Crippen LogP contribution >= 0.6 is 0 Å². The molecule has 0 radical (unpaired) electrons. The molecule has 0 fully saturated rings. The molecule has 0 aliphatic carbocycles. The Bertz CT molecular complexity index is 990. The highest BCUT2D eigenvalue weighted by molar-refractivity contribution is 5.73. The van der Waals surface area contributed by atoms with Gasteiger partial charge in [-0.2, -0.15) is 0 Å². The van der Waals surface area contributed by atoms with E-state index in [-0.39, 0.29) is 6.03 Å². The monoisotopic (exact) mass is 461 g/mol. The van der Waals surface area contributed by atoms with Gasteiger partial charge in [-0.15, -0.1) is 0 Å². The van der Waals surface area contributed by atoms with Crippen molar-refractivity contribution >= 4 is 6.03 Å². The Balaban J connectivity index is 1.48. The van der Waals surface area contributed by atoms with Gasteiger partial charge in [-0.25, -0.2) is 4.79 Å². The Labute approximate surface area is 203 Å². The van der Waals surface area contributed by atoms with Gasteiger partial charge in [0.2, 0.25) is 0 Å². The third kappa shape index (κ3) is 8.12. The number of carbonyl (C=O) groups is 1. The first-order valence-electron chi connectivity index (χ1n) is 11.7. The van der Waals surface area contributed by atoms with Crippen LogP contribution in [0.3, 0.4) is 0 Å². The summed E-state index contributed by atoms with van der Waals surface area (Å²) in [7, 11) is 5.77. The maximum absolute atomic E-state index is 12.2. The molecule has 0 heterocycles. The van der Waals surface area contributed by atoms with Crippen molar-refractivity contribution in [1.29, 1.82) is 0 Å². The van der Waals surface area contributed by atoms with Gasteiger partial charge in [-0.05, 0) is 61.5 Å². The second kappa shape index (κ2) is 13.3. The van der Waals surface area contributed by atoms with Crippen LogP contribution in [0, 0.1) is 0 Å². The van der Waals surface area contributed by atoms with E-state index in [1.54, 1.807) is 11.9 Å². The Morgan fingerprint density at radius 1 is 0.765 bits per heavy atom. The number of amides is 2. The van der Waals surface area contributed by atoms with Gasteiger partial charge in [0.25, 0.3) is 0 Å². The Morgan fingerprint density at radius 3 is 1.85 bits per heavy atom. The highest BCUT2D eigenvalue weighted by Crippen LogP contribution is 2.24. The molecule has 0 bridgehead atoms. The maximum Gasteiger partial charge on any atom is 0.317 e. The SMILES string of the molecule is CNC(=O)N(CCOc1ccc(-c2ccc(OCCCN(C)C)cc2)cc1)Cc1ccccc1. The van der Waals surface area contributed by atoms with Gasteiger partial charge in [-0.1, -0.05) is 54.6 Å². The number of benzene rings is 3. The highest BCUT2D eigenvalue weighted by Gasteiger charge is 2.12. The molecule has 0 unspecified atom stereocenters. The van der Waals surface area contributed by atoms with Crippen molar-refractivity contribution in [2.75, 3.05) is 47.4 Å². The van der Waals surface area contributed by atoms with Crippen molar-refractivity contribution in [3.8, 4) is 22.6 Å². The van der Waals surface area contributed by atoms with Gasteiger partial charge in [0.15, 0.2) is 0 Å². The standard InChI is InChI=1S/C28H35N3O3/c1-29-28(32)31(22-23-8-5-4-6-9-23)19-21-34-27-16-12-25(13-17-27)24-10-14-26(15-11-24)33-20-7-18-30(2)3/h4-6,8-17H,7,18-22H2,1-3H3,(H,29,32). The second-order valence-corrected chi connectivity index (χ2v) is 8.36. The van der Waals surface area contributed by atoms with Gasteiger partial charge in [0.1, 0.15) is 18.1 Å². The Hall–Kier alpha value is -3.51. The van der Waals surface area contributed by atoms with Crippen LogP contribution in [0.25, 0.3) is 11.1 Å². The van der Waals surface area contributed by atoms with E-state index in [1.165, 1.54) is 0 Å². The van der Waals surface area contributed by atoms with Crippen molar-refractivity contribution in [1.82, 2.24) is 15.1 Å². The molecule has 2 amide bonds. The molecule has 0 aromatic heterocycles. The molecule has 3 rings (SSSR count). The highest BCUT2D eigenvalue weighted by atomic mass is 16.5. The zero-order chi connectivity index (χ0) is 24.2. The fraction of sp³-hybridized carbons (Fsp3) is 0.321. The van der Waals surface area contributed by atoms with Crippen LogP contribution in [0.5, 0.6) is 11.5 Å². The van der Waals surface area contributed by atoms with Crippen LogP contribution in [0.1, 0.15) is 12.0 Å². The number of hydrogen-bond donors (Lipinski definition) is 1. The largest absolute Gasteiger partial charge is 0.494 e. The molecular formula is C28H35N3O3. The summed E-state index contributed by atoms with van der Waals surface area (Å²) in [5.74, 6) is 1.67. The normalized spacial score (nSPS) is 10.7. The van der Waals surface area contributed by atoms with Gasteiger partial charge in [0, 0.05) is 20.1 Å². The van der Waals surface area contributed by atoms with Gasteiger partial charge < -0.3 is 24.6 Å². The van der Waals surface area contributed by atoms with E-state index >= 15 is 0 Å². The molecule has 0 aliphatic rings. The van der Waals surface area contributed by atoms with Crippen LogP contribution in [-0.2, 0) is 6.54 Å². The molecule has 0 saturated carbocycles. The lowest BCUT2D eigenvalue weighted by Gasteiger charge is -2.22. The van der Waals surface area contributed by atoms with Crippen molar-refractivity contribution in [3.05, 3.63) is 84.4 Å². The van der Waals surface area contributed by atoms with Crippen LogP contribution < -0.4 is 14.8 Å². The van der Waals surface area contributed by atoms with Crippen molar-refractivity contribution in [2.24, 2.45) is 0 Å². The molecule has 3 aromatic carbocycles. The Morgan fingerprint density at radius 2 is 1.32 bits per heavy atom. The maximum atomic E-state index is 12.2. The molecular weight excluding hydrogens is 426 g/mol. The van der Waals surface area contributed by atoms with E-state index in [1.807, 2.05) is 66.7 Å². The summed E-state index contributed by atoms with van der Waals surface area (Å²) < 4.78 is 11.7. The summed E-state index contributed by atoms with van der Waals surface area (Å²) in [6, 6.07) is 26.0. The minimum atomic E-state index is -0.118. The van der Waals surface area contributed by atoms with Crippen LogP contribution in [0.15, 0.2) is 78.9 Å². The lowest BCUT2D eigenvalue weighted by atomic mass is 10.1. The quantitative estimate of drug-likeness (QED) is 0.390. The van der Waals surface area contributed by atoms with Crippen molar-refractivity contribution < 1.29 is 14.3 Å². The Kier molecular flexibility index (Phi) is 9.80. The fourth-order valence-corrected chi connectivity index (χ4v) is 3.55. The van der Waals surface area contributed by atoms with E-state index in [4.69, 9.17) is 9.47 Å². The zero-order valence-electron chi connectivity index (χ0n) is 20.4. The third-order valence-electron chi connectivity index (χ3n) is 5.41. The third-order valence-corrected chi connectivity index (χ3v) is 5.41. The number of nitrogens with one attached hydrogen (secondary N) is 1. The number of nitrogens with zero attached hydrogens (tertiary/aromatic N) is 2. The van der Waals surface area contributed by atoms with Crippen LogP contribution in [0.2, 0.25) is 0 Å². The van der Waals surface area contributed by atoms with Gasteiger partial charge in [0.05, 0.1) is 13.2 Å². The summed E-state index contributed by atoms with van der Waals surface area (Å²) in [5.41, 5.74) is 3.32. The van der Waals surface area contributed by atoms with Crippen molar-refractivity contribution in [3.63, 3.8) is 0 Å². The predicted molar refractivity (Wildman–Crippen MR) is 137 cm³/mol. The zero-order valence-corrected chi connectivity index (χ0v) is 20.4. The molecule has 6 nitrogen and oxygen atoms in total. The van der Waals surface area contributed by atoms with Gasteiger partial charge in [-0.3, -0.25) is 0 Å². The van der Waals surface area contributed by atoms with Crippen LogP contribution in [-0.4, -0.2) is 63.3 Å². The first-order chi connectivity index (χ1) is 16.5. The summed E-state index contributed by atoms with van der Waals surface area (Å²) in [6.07, 6.45) is 1.00. The molecule has 180 valence electrons. The molecule has 3 aromatic rings. The molecule has 6 heteroatoms. The van der Waals surface area contributed by atoms with E-state index in [2.05, 4.69) is 36.4 Å². The molecule has 0 atom stereocenters. The topological polar surface area (TPSA) is 54.0 Å². The summed E-state index contributed by atoms with van der Waals surface area (Å²) in [6.45, 7) is 3.18. The minimum Gasteiger partial charge on any atom is -0.494 e.